The van der Waals surface area contributed by atoms with Crippen molar-refractivity contribution in [3.63, 3.8) is 0 Å². The van der Waals surface area contributed by atoms with Crippen molar-refractivity contribution in [3.8, 4) is 5.75 Å². The summed E-state index contributed by atoms with van der Waals surface area (Å²) in [6.45, 7) is 3.02. The summed E-state index contributed by atoms with van der Waals surface area (Å²) in [4.78, 5) is 19.8. The Morgan fingerprint density at radius 3 is 2.73 bits per heavy atom. The third kappa shape index (κ3) is 5.72. The largest absolute Gasteiger partial charge is 0.497 e. The molecular formula is C24H28N2O5S2. The van der Waals surface area contributed by atoms with Crippen LogP contribution >= 0.6 is 11.3 Å². The summed E-state index contributed by atoms with van der Waals surface area (Å²) in [6.07, 6.45) is 2.20. The van der Waals surface area contributed by atoms with Crippen molar-refractivity contribution in [3.05, 3.63) is 48.0 Å². The average molecular weight is 489 g/mol. The van der Waals surface area contributed by atoms with Gasteiger partial charge >= 0.3 is 0 Å². The fourth-order valence-corrected chi connectivity index (χ4v) is 6.11. The SMILES string of the molecule is COc1ccc2sc(N(CC3CCCO3)C(=O)CCCS(=O)(=O)c3ccc(C)cc3)nc2c1. The molecule has 0 N–H and O–H groups in total. The molecule has 3 aromatic rings. The monoisotopic (exact) mass is 488 g/mol. The number of aryl methyl sites for hydroxylation is 1. The van der Waals surface area contributed by atoms with Gasteiger partial charge in [0.15, 0.2) is 15.0 Å². The van der Waals surface area contributed by atoms with Gasteiger partial charge in [0.25, 0.3) is 0 Å². The predicted octanol–water partition coefficient (Wildman–Crippen LogP) is 4.38. The Morgan fingerprint density at radius 1 is 1.24 bits per heavy atom. The summed E-state index contributed by atoms with van der Waals surface area (Å²) in [5.74, 6) is 0.486. The summed E-state index contributed by atoms with van der Waals surface area (Å²) < 4.78 is 37.3. The minimum atomic E-state index is -3.44. The first-order valence-electron chi connectivity index (χ1n) is 11.0. The van der Waals surface area contributed by atoms with Gasteiger partial charge in [-0.25, -0.2) is 13.4 Å². The molecule has 176 valence electrons. The molecule has 7 nitrogen and oxygen atoms in total. The quantitative estimate of drug-likeness (QED) is 0.444. The second-order valence-corrected chi connectivity index (χ2v) is 11.3. The van der Waals surface area contributed by atoms with Crippen LogP contribution in [0.25, 0.3) is 10.2 Å². The van der Waals surface area contributed by atoms with E-state index < -0.39 is 9.84 Å². The lowest BCUT2D eigenvalue weighted by Gasteiger charge is -2.23. The predicted molar refractivity (Wildman–Crippen MR) is 130 cm³/mol. The molecule has 9 heteroatoms. The number of rotatable bonds is 9. The number of methoxy groups -OCH3 is 1. The number of carbonyl (C=O) groups excluding carboxylic acids is 1. The smallest absolute Gasteiger partial charge is 0.228 e. The number of hydrogen-bond donors (Lipinski definition) is 0. The Bertz CT molecular complexity index is 1220. The lowest BCUT2D eigenvalue weighted by molar-refractivity contribution is -0.119. The average Bonchev–Trinajstić information content (AvgIpc) is 3.46. The standard InChI is InChI=1S/C24H28N2O5S2/c1-17-7-10-20(11-8-17)33(28,29)14-4-6-23(27)26(16-19-5-3-13-31-19)24-25-21-15-18(30-2)9-12-22(21)32-24/h7-12,15,19H,3-6,13-14,16H2,1-2H3. The molecule has 1 amide bonds. The van der Waals surface area contributed by atoms with Crippen LogP contribution in [0, 0.1) is 6.92 Å². The summed E-state index contributed by atoms with van der Waals surface area (Å²) in [5.41, 5.74) is 1.77. The Hall–Kier alpha value is -2.49. The molecule has 0 saturated carbocycles. The highest BCUT2D eigenvalue weighted by atomic mass is 32.2. The van der Waals surface area contributed by atoms with Crippen LogP contribution in [0.5, 0.6) is 5.75 Å². The Balaban J connectivity index is 1.48. The molecular weight excluding hydrogens is 460 g/mol. The van der Waals surface area contributed by atoms with Crippen molar-refractivity contribution < 1.29 is 22.7 Å². The third-order valence-electron chi connectivity index (χ3n) is 5.71. The molecule has 1 aliphatic rings. The van der Waals surface area contributed by atoms with Crippen LogP contribution in [0.3, 0.4) is 0 Å². The number of sulfone groups is 1. The first-order chi connectivity index (χ1) is 15.9. The molecule has 0 spiro atoms. The summed E-state index contributed by atoms with van der Waals surface area (Å²) >= 11 is 1.44. The molecule has 2 aromatic carbocycles. The number of amides is 1. The molecule has 0 bridgehead atoms. The highest BCUT2D eigenvalue weighted by Gasteiger charge is 2.26. The van der Waals surface area contributed by atoms with E-state index in [0.717, 1.165) is 28.6 Å². The van der Waals surface area contributed by atoms with Gasteiger partial charge in [0.2, 0.25) is 5.91 Å². The fraction of sp³-hybridized carbons (Fsp3) is 0.417. The first kappa shape index (κ1) is 23.7. The van der Waals surface area contributed by atoms with Gasteiger partial charge in [0, 0.05) is 19.1 Å². The van der Waals surface area contributed by atoms with E-state index in [1.165, 1.54) is 11.3 Å². The van der Waals surface area contributed by atoms with Gasteiger partial charge in [0.1, 0.15) is 5.75 Å². The zero-order chi connectivity index (χ0) is 23.4. The van der Waals surface area contributed by atoms with Gasteiger partial charge in [-0.1, -0.05) is 29.0 Å². The number of nitrogens with zero attached hydrogens (tertiary/aromatic N) is 2. The van der Waals surface area contributed by atoms with E-state index in [9.17, 15) is 13.2 Å². The Labute approximate surface area is 198 Å². The Kier molecular flexibility index (Phi) is 7.31. The maximum atomic E-state index is 13.2. The minimum absolute atomic E-state index is 0.0354. The maximum absolute atomic E-state index is 13.2. The number of fused-ring (bicyclic) bond motifs is 1. The summed E-state index contributed by atoms with van der Waals surface area (Å²) in [7, 11) is -1.83. The van der Waals surface area contributed by atoms with E-state index in [1.54, 1.807) is 36.3 Å². The lowest BCUT2D eigenvalue weighted by Crippen LogP contribution is -2.37. The maximum Gasteiger partial charge on any atom is 0.228 e. The fourth-order valence-electron chi connectivity index (χ4n) is 3.83. The van der Waals surface area contributed by atoms with Crippen LogP contribution in [0.1, 0.15) is 31.2 Å². The first-order valence-corrected chi connectivity index (χ1v) is 13.5. The molecule has 1 atom stereocenters. The van der Waals surface area contributed by atoms with Crippen molar-refractivity contribution in [1.29, 1.82) is 0 Å². The van der Waals surface area contributed by atoms with E-state index in [0.29, 0.717) is 24.0 Å². The molecule has 4 rings (SSSR count). The second kappa shape index (κ2) is 10.2. The molecule has 33 heavy (non-hydrogen) atoms. The zero-order valence-corrected chi connectivity index (χ0v) is 20.5. The van der Waals surface area contributed by atoms with Gasteiger partial charge in [0.05, 0.1) is 40.6 Å². The summed E-state index contributed by atoms with van der Waals surface area (Å²) in [6, 6.07) is 12.4. The van der Waals surface area contributed by atoms with Crippen molar-refractivity contribution in [2.45, 2.75) is 43.6 Å². The number of benzene rings is 2. The third-order valence-corrected chi connectivity index (χ3v) is 8.59. The number of ether oxygens (including phenoxy) is 2. The van der Waals surface area contributed by atoms with E-state index >= 15 is 0 Å². The highest BCUT2D eigenvalue weighted by Crippen LogP contribution is 2.32. The molecule has 1 aromatic heterocycles. The molecule has 1 saturated heterocycles. The lowest BCUT2D eigenvalue weighted by atomic mass is 10.2. The number of aromatic nitrogens is 1. The van der Waals surface area contributed by atoms with Gasteiger partial charge in [-0.05, 0) is 50.5 Å². The molecule has 2 heterocycles. The molecule has 1 unspecified atom stereocenters. The Morgan fingerprint density at radius 2 is 2.03 bits per heavy atom. The minimum Gasteiger partial charge on any atom is -0.497 e. The van der Waals surface area contributed by atoms with Crippen molar-refractivity contribution in [1.82, 2.24) is 4.98 Å². The second-order valence-electron chi connectivity index (χ2n) is 8.20. The van der Waals surface area contributed by atoms with Gasteiger partial charge < -0.3 is 9.47 Å². The number of anilines is 1. The van der Waals surface area contributed by atoms with Crippen LogP contribution in [0.4, 0.5) is 5.13 Å². The van der Waals surface area contributed by atoms with Crippen LogP contribution in [0.2, 0.25) is 0 Å². The molecule has 0 aliphatic carbocycles. The number of carbonyl (C=O) groups is 1. The van der Waals surface area contributed by atoms with E-state index in [2.05, 4.69) is 4.98 Å². The van der Waals surface area contributed by atoms with Gasteiger partial charge in [-0.3, -0.25) is 9.69 Å². The van der Waals surface area contributed by atoms with Crippen molar-refractivity contribution >= 4 is 42.4 Å². The van der Waals surface area contributed by atoms with Crippen LogP contribution in [0.15, 0.2) is 47.4 Å². The van der Waals surface area contributed by atoms with E-state index in [1.807, 2.05) is 25.1 Å². The van der Waals surface area contributed by atoms with Crippen molar-refractivity contribution in [2.75, 3.05) is 30.9 Å². The van der Waals surface area contributed by atoms with Gasteiger partial charge in [-0.2, -0.15) is 0 Å². The normalized spacial score (nSPS) is 16.2. The molecule has 1 fully saturated rings. The van der Waals surface area contributed by atoms with Gasteiger partial charge in [-0.15, -0.1) is 0 Å². The van der Waals surface area contributed by atoms with Crippen LogP contribution < -0.4 is 9.64 Å². The van der Waals surface area contributed by atoms with Crippen molar-refractivity contribution in [2.24, 2.45) is 0 Å². The number of hydrogen-bond acceptors (Lipinski definition) is 7. The van der Waals surface area contributed by atoms with E-state index in [-0.39, 0.29) is 35.5 Å². The number of thiazole rings is 1. The van der Waals surface area contributed by atoms with E-state index in [4.69, 9.17) is 9.47 Å². The van der Waals surface area contributed by atoms with Crippen LogP contribution in [-0.2, 0) is 19.4 Å². The molecule has 0 radical (unpaired) electrons. The zero-order valence-electron chi connectivity index (χ0n) is 18.8. The van der Waals surface area contributed by atoms with Crippen LogP contribution in [-0.4, -0.2) is 51.4 Å². The highest BCUT2D eigenvalue weighted by molar-refractivity contribution is 7.91. The molecule has 1 aliphatic heterocycles. The summed E-state index contributed by atoms with van der Waals surface area (Å²) in [5, 5.41) is 0.597. The topological polar surface area (TPSA) is 85.8 Å².